The molecule has 4 heteroatoms. The molecule has 3 aromatic rings. The fourth-order valence-corrected chi connectivity index (χ4v) is 3.09. The molecule has 2 aromatic heterocycles. The van der Waals surface area contributed by atoms with Gasteiger partial charge in [-0.15, -0.1) is 11.3 Å². The highest BCUT2D eigenvalue weighted by Gasteiger charge is 2.16. The Hall–Kier alpha value is -1.58. The summed E-state index contributed by atoms with van der Waals surface area (Å²) in [4.78, 5) is 13.1. The van der Waals surface area contributed by atoms with Crippen molar-refractivity contribution in [3.05, 3.63) is 57.4 Å². The van der Waals surface area contributed by atoms with E-state index >= 15 is 0 Å². The van der Waals surface area contributed by atoms with Crippen LogP contribution in [0.4, 0.5) is 0 Å². The van der Waals surface area contributed by atoms with Crippen LogP contribution < -0.4 is 0 Å². The van der Waals surface area contributed by atoms with Gasteiger partial charge in [-0.25, -0.2) is 0 Å². The Morgan fingerprint density at radius 2 is 2.00 bits per heavy atom. The average molecular weight is 276 g/mol. The van der Waals surface area contributed by atoms with Gasteiger partial charge in [-0.1, -0.05) is 29.8 Å². The molecule has 0 saturated carbocycles. The lowest BCUT2D eigenvalue weighted by atomic mass is 10.1. The number of fused-ring (bicyclic) bond motifs is 1. The van der Waals surface area contributed by atoms with Crippen LogP contribution in [0.3, 0.4) is 0 Å². The van der Waals surface area contributed by atoms with Crippen LogP contribution >= 0.6 is 22.9 Å². The van der Waals surface area contributed by atoms with Crippen molar-refractivity contribution in [2.24, 2.45) is 7.05 Å². The monoisotopic (exact) mass is 275 g/mol. The van der Waals surface area contributed by atoms with E-state index in [0.717, 1.165) is 16.5 Å². The third-order valence-electron chi connectivity index (χ3n) is 2.94. The van der Waals surface area contributed by atoms with Crippen LogP contribution in [0.15, 0.2) is 42.6 Å². The van der Waals surface area contributed by atoms with E-state index in [1.165, 1.54) is 11.3 Å². The summed E-state index contributed by atoms with van der Waals surface area (Å²) in [6.07, 6.45) is 1.88. The lowest BCUT2D eigenvalue weighted by Gasteiger charge is -1.95. The summed E-state index contributed by atoms with van der Waals surface area (Å²) in [5.41, 5.74) is 1.79. The van der Waals surface area contributed by atoms with Crippen LogP contribution in [0.2, 0.25) is 4.34 Å². The van der Waals surface area contributed by atoms with Crippen molar-refractivity contribution in [3.63, 3.8) is 0 Å². The van der Waals surface area contributed by atoms with E-state index in [1.54, 1.807) is 12.1 Å². The molecule has 0 saturated heterocycles. The van der Waals surface area contributed by atoms with Crippen molar-refractivity contribution in [1.82, 2.24) is 4.57 Å². The van der Waals surface area contributed by atoms with Crippen molar-refractivity contribution in [1.29, 1.82) is 0 Å². The number of halogens is 1. The van der Waals surface area contributed by atoms with E-state index in [-0.39, 0.29) is 5.78 Å². The number of carbonyl (C=O) groups is 1. The fourth-order valence-electron chi connectivity index (χ4n) is 2.09. The minimum atomic E-state index is 0.0312. The second kappa shape index (κ2) is 4.26. The Bertz CT molecular complexity index is 741. The summed E-state index contributed by atoms with van der Waals surface area (Å²) in [5, 5.41) is 0.981. The van der Waals surface area contributed by atoms with Gasteiger partial charge in [0.05, 0.1) is 9.21 Å². The quantitative estimate of drug-likeness (QED) is 0.645. The van der Waals surface area contributed by atoms with Crippen LogP contribution in [-0.2, 0) is 7.05 Å². The van der Waals surface area contributed by atoms with Crippen molar-refractivity contribution in [3.8, 4) is 0 Å². The first-order valence-electron chi connectivity index (χ1n) is 5.51. The van der Waals surface area contributed by atoms with Crippen LogP contribution in [0.25, 0.3) is 10.9 Å². The molecule has 18 heavy (non-hydrogen) atoms. The number of aryl methyl sites for hydroxylation is 1. The first-order chi connectivity index (χ1) is 8.66. The number of para-hydroxylation sites is 1. The standard InChI is InChI=1S/C14H10ClNOS/c1-16-8-10(9-4-2-3-5-11(9)16)14(17)12-6-7-13(15)18-12/h2-8H,1H3. The zero-order valence-electron chi connectivity index (χ0n) is 9.68. The van der Waals surface area contributed by atoms with E-state index in [2.05, 4.69) is 0 Å². The molecule has 0 amide bonds. The first kappa shape index (κ1) is 11.5. The number of carbonyl (C=O) groups excluding carboxylic acids is 1. The van der Waals surface area contributed by atoms with Crippen molar-refractivity contribution >= 4 is 39.6 Å². The largest absolute Gasteiger partial charge is 0.350 e. The van der Waals surface area contributed by atoms with E-state index < -0.39 is 0 Å². The molecular weight excluding hydrogens is 266 g/mol. The molecule has 2 nitrogen and oxygen atoms in total. The summed E-state index contributed by atoms with van der Waals surface area (Å²) >= 11 is 7.19. The highest BCUT2D eigenvalue weighted by molar-refractivity contribution is 7.18. The van der Waals surface area contributed by atoms with Gasteiger partial charge in [0.2, 0.25) is 5.78 Å². The minimum absolute atomic E-state index is 0.0312. The molecule has 0 bridgehead atoms. The zero-order chi connectivity index (χ0) is 12.7. The minimum Gasteiger partial charge on any atom is -0.350 e. The summed E-state index contributed by atoms with van der Waals surface area (Å²) in [6, 6.07) is 11.4. The lowest BCUT2D eigenvalue weighted by Crippen LogP contribution is -1.97. The van der Waals surface area contributed by atoms with Crippen molar-refractivity contribution < 1.29 is 4.79 Å². The third-order valence-corrected chi connectivity index (χ3v) is 4.17. The number of hydrogen-bond donors (Lipinski definition) is 0. The fraction of sp³-hybridized carbons (Fsp3) is 0.0714. The Morgan fingerprint density at radius 1 is 1.22 bits per heavy atom. The maximum atomic E-state index is 12.4. The topological polar surface area (TPSA) is 22.0 Å². The van der Waals surface area contributed by atoms with Crippen molar-refractivity contribution in [2.45, 2.75) is 0 Å². The first-order valence-corrected chi connectivity index (χ1v) is 6.70. The van der Waals surface area contributed by atoms with Gasteiger partial charge in [0, 0.05) is 29.7 Å². The van der Waals surface area contributed by atoms with E-state index in [0.29, 0.717) is 9.21 Å². The van der Waals surface area contributed by atoms with Gasteiger partial charge in [-0.2, -0.15) is 0 Å². The lowest BCUT2D eigenvalue weighted by molar-refractivity contribution is 0.104. The SMILES string of the molecule is Cn1cc(C(=O)c2ccc(Cl)s2)c2ccccc21. The Morgan fingerprint density at radius 3 is 2.72 bits per heavy atom. The molecular formula is C14H10ClNOS. The number of nitrogens with zero attached hydrogens (tertiary/aromatic N) is 1. The molecule has 0 atom stereocenters. The molecule has 3 rings (SSSR count). The predicted octanol–water partition coefficient (Wildman–Crippen LogP) is 4.12. The second-order valence-electron chi connectivity index (χ2n) is 4.10. The second-order valence-corrected chi connectivity index (χ2v) is 5.82. The van der Waals surface area contributed by atoms with E-state index in [1.807, 2.05) is 42.1 Å². The maximum absolute atomic E-state index is 12.4. The van der Waals surface area contributed by atoms with E-state index in [9.17, 15) is 4.79 Å². The molecule has 1 aromatic carbocycles. The molecule has 0 unspecified atom stereocenters. The highest BCUT2D eigenvalue weighted by atomic mass is 35.5. The Balaban J connectivity index is 2.18. The van der Waals surface area contributed by atoms with Gasteiger partial charge < -0.3 is 4.57 Å². The smallest absolute Gasteiger partial charge is 0.205 e. The normalized spacial score (nSPS) is 11.0. The van der Waals surface area contributed by atoms with E-state index in [4.69, 9.17) is 11.6 Å². The summed E-state index contributed by atoms with van der Waals surface area (Å²) in [6.45, 7) is 0. The molecule has 0 radical (unpaired) electrons. The molecule has 0 N–H and O–H groups in total. The summed E-state index contributed by atoms with van der Waals surface area (Å²) in [5.74, 6) is 0.0312. The van der Waals surface area contributed by atoms with Crippen LogP contribution in [-0.4, -0.2) is 10.4 Å². The highest BCUT2D eigenvalue weighted by Crippen LogP contribution is 2.27. The summed E-state index contributed by atoms with van der Waals surface area (Å²) < 4.78 is 2.61. The zero-order valence-corrected chi connectivity index (χ0v) is 11.3. The number of thiophene rings is 1. The van der Waals surface area contributed by atoms with Gasteiger partial charge in [0.1, 0.15) is 0 Å². The number of benzene rings is 1. The molecule has 2 heterocycles. The van der Waals surface area contributed by atoms with Gasteiger partial charge in [-0.3, -0.25) is 4.79 Å². The van der Waals surface area contributed by atoms with Gasteiger partial charge >= 0.3 is 0 Å². The van der Waals surface area contributed by atoms with Crippen LogP contribution in [0.1, 0.15) is 15.2 Å². The average Bonchev–Trinajstić information content (AvgIpc) is 2.94. The number of rotatable bonds is 2. The van der Waals surface area contributed by atoms with Crippen LogP contribution in [0.5, 0.6) is 0 Å². The van der Waals surface area contributed by atoms with Gasteiger partial charge in [-0.05, 0) is 18.2 Å². The molecule has 90 valence electrons. The van der Waals surface area contributed by atoms with Crippen molar-refractivity contribution in [2.75, 3.05) is 0 Å². The number of ketones is 1. The number of aromatic nitrogens is 1. The molecule has 0 aliphatic carbocycles. The molecule has 0 spiro atoms. The Kier molecular flexibility index (Phi) is 2.73. The maximum Gasteiger partial charge on any atom is 0.205 e. The predicted molar refractivity (Wildman–Crippen MR) is 75.7 cm³/mol. The van der Waals surface area contributed by atoms with Crippen LogP contribution in [0, 0.1) is 0 Å². The Labute approximate surface area is 113 Å². The summed E-state index contributed by atoms with van der Waals surface area (Å²) in [7, 11) is 1.94. The third kappa shape index (κ3) is 1.76. The molecule has 0 aliphatic heterocycles. The van der Waals surface area contributed by atoms with Gasteiger partial charge in [0.25, 0.3) is 0 Å². The van der Waals surface area contributed by atoms with Gasteiger partial charge in [0.15, 0.2) is 0 Å². The molecule has 0 aliphatic rings. The number of hydrogen-bond acceptors (Lipinski definition) is 2. The molecule has 0 fully saturated rings.